The maximum atomic E-state index is 12.3. The highest BCUT2D eigenvalue weighted by molar-refractivity contribution is 7.88. The molecule has 2 N–H and O–H groups in total. The Labute approximate surface area is 159 Å². The van der Waals surface area contributed by atoms with Gasteiger partial charge in [-0.05, 0) is 36.5 Å². The average Bonchev–Trinajstić information content (AvgIpc) is 3.44. The van der Waals surface area contributed by atoms with E-state index in [0.29, 0.717) is 44.4 Å². The van der Waals surface area contributed by atoms with Gasteiger partial charge >= 0.3 is 5.97 Å². The van der Waals surface area contributed by atoms with Gasteiger partial charge in [-0.15, -0.1) is 0 Å². The first-order chi connectivity index (χ1) is 12.9. The maximum Gasteiger partial charge on any atom is 0.339 e. The molecule has 1 aliphatic carbocycles. The number of carboxylic acids is 1. The van der Waals surface area contributed by atoms with Gasteiger partial charge in [0.1, 0.15) is 11.3 Å². The smallest absolute Gasteiger partial charge is 0.339 e. The average molecular weight is 398 g/mol. The molecule has 0 unspecified atom stereocenters. The van der Waals surface area contributed by atoms with E-state index < -0.39 is 16.0 Å². The molecule has 3 rings (SSSR count). The molecule has 1 aliphatic heterocycles. The van der Waals surface area contributed by atoms with E-state index in [1.54, 1.807) is 0 Å². The number of carboxylic acid groups (broad SMARTS) is 1. The molecular weight excluding hydrogens is 372 g/mol. The van der Waals surface area contributed by atoms with Crippen LogP contribution in [0.25, 0.3) is 0 Å². The number of morpholine rings is 1. The van der Waals surface area contributed by atoms with E-state index in [1.165, 1.54) is 18.2 Å². The number of rotatable bonds is 10. The van der Waals surface area contributed by atoms with E-state index in [9.17, 15) is 18.3 Å². The van der Waals surface area contributed by atoms with Crippen molar-refractivity contribution in [2.75, 3.05) is 46.0 Å². The summed E-state index contributed by atoms with van der Waals surface area (Å²) in [5, 5.41) is 9.29. The summed E-state index contributed by atoms with van der Waals surface area (Å²) in [5.74, 6) is -0.592. The van der Waals surface area contributed by atoms with Crippen LogP contribution in [0.5, 0.6) is 5.75 Å². The number of nitrogens with one attached hydrogen (secondary N) is 1. The topological polar surface area (TPSA) is 105 Å². The Morgan fingerprint density at radius 2 is 2.04 bits per heavy atom. The zero-order valence-corrected chi connectivity index (χ0v) is 16.0. The van der Waals surface area contributed by atoms with E-state index >= 15 is 0 Å². The van der Waals surface area contributed by atoms with Crippen LogP contribution in [-0.4, -0.2) is 70.4 Å². The molecule has 0 bridgehead atoms. The molecule has 1 aromatic carbocycles. The molecule has 2 aliphatic rings. The number of ether oxygens (including phenoxy) is 2. The fourth-order valence-corrected chi connectivity index (χ4v) is 4.02. The highest BCUT2D eigenvalue weighted by atomic mass is 32.2. The van der Waals surface area contributed by atoms with Crippen LogP contribution in [0.3, 0.4) is 0 Å². The van der Waals surface area contributed by atoms with Gasteiger partial charge < -0.3 is 14.6 Å². The van der Waals surface area contributed by atoms with Gasteiger partial charge in [0.05, 0.1) is 25.6 Å². The van der Waals surface area contributed by atoms with Gasteiger partial charge in [0.25, 0.3) is 0 Å². The minimum absolute atomic E-state index is 0.0528. The molecule has 0 atom stereocenters. The predicted molar refractivity (Wildman–Crippen MR) is 99.5 cm³/mol. The molecule has 1 aromatic rings. The molecule has 0 spiro atoms. The first-order valence-corrected chi connectivity index (χ1v) is 10.8. The fourth-order valence-electron chi connectivity index (χ4n) is 2.90. The van der Waals surface area contributed by atoms with Crippen LogP contribution in [0.2, 0.25) is 0 Å². The second kappa shape index (κ2) is 9.01. The van der Waals surface area contributed by atoms with E-state index in [2.05, 4.69) is 9.62 Å². The van der Waals surface area contributed by atoms with Gasteiger partial charge in [0.2, 0.25) is 10.0 Å². The Balaban J connectivity index is 1.57. The minimum Gasteiger partial charge on any atom is -0.492 e. The third-order valence-electron chi connectivity index (χ3n) is 4.66. The molecule has 150 valence electrons. The van der Waals surface area contributed by atoms with Gasteiger partial charge in [0.15, 0.2) is 0 Å². The van der Waals surface area contributed by atoms with Gasteiger partial charge in [-0.25, -0.2) is 17.9 Å². The van der Waals surface area contributed by atoms with Gasteiger partial charge in [-0.3, -0.25) is 4.90 Å². The Bertz CT molecular complexity index is 757. The molecule has 1 saturated carbocycles. The standard InChI is InChI=1S/C18H26N2O6S/c21-18(22)16-4-3-15(11-17(16)26-12-14-1-2-14)13-27(23,24)19-5-6-20-7-9-25-10-8-20/h3-4,11,14,19H,1-2,5-10,12-13H2,(H,21,22). The van der Waals surface area contributed by atoms with Crippen molar-refractivity contribution in [2.45, 2.75) is 18.6 Å². The monoisotopic (exact) mass is 398 g/mol. The van der Waals surface area contributed by atoms with Crippen LogP contribution in [0.1, 0.15) is 28.8 Å². The molecular formula is C18H26N2O6S. The normalized spacial score (nSPS) is 18.4. The van der Waals surface area contributed by atoms with E-state index in [4.69, 9.17) is 9.47 Å². The third-order valence-corrected chi connectivity index (χ3v) is 6.02. The maximum absolute atomic E-state index is 12.3. The summed E-state index contributed by atoms with van der Waals surface area (Å²) in [6, 6.07) is 4.45. The number of hydrogen-bond acceptors (Lipinski definition) is 6. The highest BCUT2D eigenvalue weighted by Crippen LogP contribution is 2.31. The van der Waals surface area contributed by atoms with Crippen LogP contribution >= 0.6 is 0 Å². The molecule has 1 heterocycles. The van der Waals surface area contributed by atoms with E-state index in [0.717, 1.165) is 25.9 Å². The Morgan fingerprint density at radius 1 is 1.30 bits per heavy atom. The summed E-state index contributed by atoms with van der Waals surface area (Å²) in [7, 11) is -3.52. The zero-order valence-electron chi connectivity index (χ0n) is 15.2. The quantitative estimate of drug-likeness (QED) is 0.604. The zero-order chi connectivity index (χ0) is 19.3. The number of carbonyl (C=O) groups is 1. The molecule has 0 radical (unpaired) electrons. The summed E-state index contributed by atoms with van der Waals surface area (Å²) in [6.45, 7) is 4.39. The molecule has 27 heavy (non-hydrogen) atoms. The van der Waals surface area contributed by atoms with Crippen molar-refractivity contribution < 1.29 is 27.8 Å². The van der Waals surface area contributed by atoms with Crippen LogP contribution < -0.4 is 9.46 Å². The lowest BCUT2D eigenvalue weighted by Crippen LogP contribution is -2.41. The van der Waals surface area contributed by atoms with E-state index in [1.807, 2.05) is 0 Å². The molecule has 2 fully saturated rings. The molecule has 0 amide bonds. The third kappa shape index (κ3) is 6.46. The van der Waals surface area contributed by atoms with E-state index in [-0.39, 0.29) is 17.1 Å². The summed E-state index contributed by atoms with van der Waals surface area (Å²) in [4.78, 5) is 13.5. The molecule has 8 nitrogen and oxygen atoms in total. The van der Waals surface area contributed by atoms with Crippen LogP contribution in [-0.2, 0) is 20.5 Å². The molecule has 0 aromatic heterocycles. The Hall–Kier alpha value is -1.68. The minimum atomic E-state index is -3.52. The second-order valence-corrected chi connectivity index (χ2v) is 8.80. The van der Waals surface area contributed by atoms with Crippen molar-refractivity contribution in [3.63, 3.8) is 0 Å². The number of hydrogen-bond donors (Lipinski definition) is 2. The summed E-state index contributed by atoms with van der Waals surface area (Å²) in [6.07, 6.45) is 2.17. The van der Waals surface area contributed by atoms with Crippen molar-refractivity contribution in [3.05, 3.63) is 29.3 Å². The lowest BCUT2D eigenvalue weighted by Gasteiger charge is -2.26. The summed E-state index contributed by atoms with van der Waals surface area (Å²) < 4.78 is 38.2. The number of nitrogens with zero attached hydrogens (tertiary/aromatic N) is 1. The molecule has 9 heteroatoms. The van der Waals surface area contributed by atoms with Crippen molar-refractivity contribution in [3.8, 4) is 5.75 Å². The summed E-state index contributed by atoms with van der Waals surface area (Å²) >= 11 is 0. The first kappa shape index (κ1) is 20.1. The second-order valence-electron chi connectivity index (χ2n) is 7.00. The predicted octanol–water partition coefficient (Wildman–Crippen LogP) is 0.925. The Morgan fingerprint density at radius 3 is 2.70 bits per heavy atom. The van der Waals surface area contributed by atoms with Crippen molar-refractivity contribution in [1.82, 2.24) is 9.62 Å². The van der Waals surface area contributed by atoms with Crippen LogP contribution in [0, 0.1) is 5.92 Å². The SMILES string of the molecule is O=C(O)c1ccc(CS(=O)(=O)NCCN2CCOCC2)cc1OCC1CC1. The lowest BCUT2D eigenvalue weighted by molar-refractivity contribution is 0.0390. The molecule has 1 saturated heterocycles. The van der Waals surface area contributed by atoms with Crippen LogP contribution in [0.15, 0.2) is 18.2 Å². The van der Waals surface area contributed by atoms with Crippen molar-refractivity contribution in [1.29, 1.82) is 0 Å². The van der Waals surface area contributed by atoms with Crippen LogP contribution in [0.4, 0.5) is 0 Å². The van der Waals surface area contributed by atoms with Gasteiger partial charge in [0, 0.05) is 26.2 Å². The lowest BCUT2D eigenvalue weighted by atomic mass is 10.1. The van der Waals surface area contributed by atoms with Gasteiger partial charge in [-0.2, -0.15) is 0 Å². The van der Waals surface area contributed by atoms with Crippen molar-refractivity contribution in [2.24, 2.45) is 5.92 Å². The van der Waals surface area contributed by atoms with Gasteiger partial charge in [-0.1, -0.05) is 6.07 Å². The number of sulfonamides is 1. The highest BCUT2D eigenvalue weighted by Gasteiger charge is 2.23. The Kier molecular flexibility index (Phi) is 6.69. The number of benzene rings is 1. The summed E-state index contributed by atoms with van der Waals surface area (Å²) in [5.41, 5.74) is 0.557. The van der Waals surface area contributed by atoms with Crippen molar-refractivity contribution >= 4 is 16.0 Å². The fraction of sp³-hybridized carbons (Fsp3) is 0.611. The largest absolute Gasteiger partial charge is 0.492 e. The number of aromatic carboxylic acids is 1. The first-order valence-electron chi connectivity index (χ1n) is 9.19.